The number of halogens is 2. The van der Waals surface area contributed by atoms with Gasteiger partial charge in [-0.25, -0.2) is 12.8 Å². The molecule has 0 aliphatic carbocycles. The number of piperazine rings is 1. The fourth-order valence-electron chi connectivity index (χ4n) is 2.89. The van der Waals surface area contributed by atoms with Crippen molar-refractivity contribution in [2.45, 2.75) is 18.2 Å². The van der Waals surface area contributed by atoms with Crippen LogP contribution in [0.15, 0.2) is 23.1 Å². The molecule has 0 saturated carbocycles. The highest BCUT2D eigenvalue weighted by atomic mass is 35.5. The monoisotopic (exact) mass is 416 g/mol. The minimum absolute atomic E-state index is 0.0724. The van der Waals surface area contributed by atoms with Crippen LogP contribution in [0, 0.1) is 17.1 Å². The number of hydrogen-bond donors (Lipinski definition) is 0. The van der Waals surface area contributed by atoms with Gasteiger partial charge in [0.25, 0.3) is 0 Å². The van der Waals surface area contributed by atoms with Crippen molar-refractivity contribution in [2.75, 3.05) is 45.8 Å². The van der Waals surface area contributed by atoms with Crippen molar-refractivity contribution < 1.29 is 17.6 Å². The van der Waals surface area contributed by atoms with E-state index in [1.807, 2.05) is 13.0 Å². The first-order valence-corrected chi connectivity index (χ1v) is 10.4. The van der Waals surface area contributed by atoms with Crippen LogP contribution in [-0.4, -0.2) is 74.2 Å². The van der Waals surface area contributed by atoms with Gasteiger partial charge in [-0.15, -0.1) is 0 Å². The van der Waals surface area contributed by atoms with Crippen molar-refractivity contribution in [3.63, 3.8) is 0 Å². The molecule has 0 atom stereocenters. The molecule has 0 spiro atoms. The summed E-state index contributed by atoms with van der Waals surface area (Å²) >= 11 is 5.68. The molecule has 7 nitrogen and oxygen atoms in total. The molecular formula is C17H22ClFN4O3S. The quantitative estimate of drug-likeness (QED) is 0.629. The van der Waals surface area contributed by atoms with Crippen LogP contribution in [0.2, 0.25) is 5.02 Å². The SMILES string of the molecule is CCCN(CC#N)CC(=O)N1CCN(S(=O)(=O)c2ccc(F)c(Cl)c2)CC1. The largest absolute Gasteiger partial charge is 0.339 e. The Morgan fingerprint density at radius 2 is 2.00 bits per heavy atom. The molecule has 0 aromatic heterocycles. The fourth-order valence-corrected chi connectivity index (χ4v) is 4.58. The topological polar surface area (TPSA) is 84.7 Å². The summed E-state index contributed by atoms with van der Waals surface area (Å²) in [6.07, 6.45) is 0.835. The van der Waals surface area contributed by atoms with Crippen molar-refractivity contribution in [2.24, 2.45) is 0 Å². The van der Waals surface area contributed by atoms with E-state index in [1.165, 1.54) is 10.4 Å². The average molecular weight is 417 g/mol. The molecule has 1 aliphatic rings. The van der Waals surface area contributed by atoms with Crippen molar-refractivity contribution in [3.8, 4) is 6.07 Å². The predicted molar refractivity (Wildman–Crippen MR) is 99.1 cm³/mol. The van der Waals surface area contributed by atoms with Gasteiger partial charge in [0.1, 0.15) is 5.82 Å². The highest BCUT2D eigenvalue weighted by Crippen LogP contribution is 2.23. The molecule has 148 valence electrons. The molecule has 1 saturated heterocycles. The molecule has 1 heterocycles. The molecule has 27 heavy (non-hydrogen) atoms. The maximum absolute atomic E-state index is 13.3. The maximum Gasteiger partial charge on any atom is 0.243 e. The highest BCUT2D eigenvalue weighted by Gasteiger charge is 2.30. The standard InChI is InChI=1S/C17H22ClFN4O3S/c1-2-6-21(7-5-20)13-17(24)22-8-10-23(11-9-22)27(25,26)14-3-4-16(19)15(18)12-14/h3-4,12H,2,6-11,13H2,1H3. The Balaban J connectivity index is 1.98. The lowest BCUT2D eigenvalue weighted by Crippen LogP contribution is -2.52. The lowest BCUT2D eigenvalue weighted by molar-refractivity contribution is -0.133. The fraction of sp³-hybridized carbons (Fsp3) is 0.529. The lowest BCUT2D eigenvalue weighted by atomic mass is 10.3. The summed E-state index contributed by atoms with van der Waals surface area (Å²) in [5, 5.41) is 8.58. The van der Waals surface area contributed by atoms with Crippen LogP contribution in [0.25, 0.3) is 0 Å². The van der Waals surface area contributed by atoms with Crippen molar-refractivity contribution >= 4 is 27.5 Å². The van der Waals surface area contributed by atoms with E-state index in [1.54, 1.807) is 9.80 Å². The summed E-state index contributed by atoms with van der Waals surface area (Å²) < 4.78 is 39.9. The van der Waals surface area contributed by atoms with Crippen LogP contribution in [0.4, 0.5) is 4.39 Å². The van der Waals surface area contributed by atoms with Gasteiger partial charge in [-0.2, -0.15) is 9.57 Å². The Labute approximate surface area is 164 Å². The maximum atomic E-state index is 13.3. The van der Waals surface area contributed by atoms with E-state index >= 15 is 0 Å². The molecule has 2 rings (SSSR count). The van der Waals surface area contributed by atoms with Gasteiger partial charge < -0.3 is 4.90 Å². The molecule has 1 fully saturated rings. The third-order valence-corrected chi connectivity index (χ3v) is 6.50. The van der Waals surface area contributed by atoms with Gasteiger partial charge in [-0.3, -0.25) is 9.69 Å². The van der Waals surface area contributed by atoms with Gasteiger partial charge in [-0.1, -0.05) is 18.5 Å². The van der Waals surface area contributed by atoms with E-state index in [9.17, 15) is 17.6 Å². The van der Waals surface area contributed by atoms with E-state index in [0.29, 0.717) is 6.54 Å². The number of nitriles is 1. The molecule has 0 unspecified atom stereocenters. The second-order valence-electron chi connectivity index (χ2n) is 6.23. The van der Waals surface area contributed by atoms with Gasteiger partial charge >= 0.3 is 0 Å². The first kappa shape index (κ1) is 21.6. The zero-order chi connectivity index (χ0) is 20.0. The normalized spacial score (nSPS) is 15.7. The third kappa shape index (κ3) is 5.39. The Morgan fingerprint density at radius 1 is 1.33 bits per heavy atom. The Bertz CT molecular complexity index is 820. The number of carbonyl (C=O) groups is 1. The number of carbonyl (C=O) groups excluding carboxylic acids is 1. The summed E-state index contributed by atoms with van der Waals surface area (Å²) in [7, 11) is -3.80. The molecule has 0 radical (unpaired) electrons. The van der Waals surface area contributed by atoms with Crippen LogP contribution in [0.5, 0.6) is 0 Å². The molecule has 1 aromatic rings. The number of sulfonamides is 1. The van der Waals surface area contributed by atoms with Gasteiger partial charge in [0.15, 0.2) is 0 Å². The summed E-state index contributed by atoms with van der Waals surface area (Å²) in [6.45, 7) is 3.77. The van der Waals surface area contributed by atoms with Crippen LogP contribution in [0.3, 0.4) is 0 Å². The van der Waals surface area contributed by atoms with Crippen molar-refractivity contribution in [3.05, 3.63) is 29.0 Å². The van der Waals surface area contributed by atoms with Gasteiger partial charge in [0, 0.05) is 26.2 Å². The number of hydrogen-bond acceptors (Lipinski definition) is 5. The van der Waals surface area contributed by atoms with E-state index in [-0.39, 0.29) is 55.1 Å². The summed E-state index contributed by atoms with van der Waals surface area (Å²) in [6, 6.07) is 5.34. The zero-order valence-electron chi connectivity index (χ0n) is 15.1. The van der Waals surface area contributed by atoms with Gasteiger partial charge in [0.2, 0.25) is 15.9 Å². The Kier molecular flexibility index (Phi) is 7.56. The highest BCUT2D eigenvalue weighted by molar-refractivity contribution is 7.89. The minimum Gasteiger partial charge on any atom is -0.339 e. The third-order valence-electron chi connectivity index (χ3n) is 4.31. The number of amides is 1. The predicted octanol–water partition coefficient (Wildman–Crippen LogP) is 1.55. The van der Waals surface area contributed by atoms with Gasteiger partial charge in [0.05, 0.1) is 29.1 Å². The Hall–Kier alpha value is -1.73. The number of rotatable bonds is 7. The zero-order valence-corrected chi connectivity index (χ0v) is 16.6. The average Bonchev–Trinajstić information content (AvgIpc) is 2.64. The van der Waals surface area contributed by atoms with Crippen LogP contribution in [0.1, 0.15) is 13.3 Å². The van der Waals surface area contributed by atoms with E-state index in [4.69, 9.17) is 16.9 Å². The molecule has 10 heteroatoms. The molecule has 0 N–H and O–H groups in total. The summed E-state index contributed by atoms with van der Waals surface area (Å²) in [4.78, 5) is 15.7. The summed E-state index contributed by atoms with van der Waals surface area (Å²) in [5.74, 6) is -0.805. The van der Waals surface area contributed by atoms with Crippen LogP contribution >= 0.6 is 11.6 Å². The van der Waals surface area contributed by atoms with E-state index < -0.39 is 15.8 Å². The molecule has 1 amide bonds. The first-order chi connectivity index (χ1) is 12.8. The minimum atomic E-state index is -3.80. The second kappa shape index (κ2) is 9.46. The van der Waals surface area contributed by atoms with E-state index in [0.717, 1.165) is 18.6 Å². The molecule has 1 aromatic carbocycles. The second-order valence-corrected chi connectivity index (χ2v) is 8.57. The molecular weight excluding hydrogens is 395 g/mol. The Morgan fingerprint density at radius 3 is 2.56 bits per heavy atom. The molecule has 1 aliphatic heterocycles. The number of nitrogens with zero attached hydrogens (tertiary/aromatic N) is 4. The van der Waals surface area contributed by atoms with Gasteiger partial charge in [-0.05, 0) is 31.2 Å². The number of benzene rings is 1. The first-order valence-electron chi connectivity index (χ1n) is 8.62. The van der Waals surface area contributed by atoms with Crippen molar-refractivity contribution in [1.29, 1.82) is 5.26 Å². The van der Waals surface area contributed by atoms with Crippen LogP contribution in [-0.2, 0) is 14.8 Å². The van der Waals surface area contributed by atoms with E-state index in [2.05, 4.69) is 0 Å². The van der Waals surface area contributed by atoms with Crippen molar-refractivity contribution in [1.82, 2.24) is 14.1 Å². The smallest absolute Gasteiger partial charge is 0.243 e. The lowest BCUT2D eigenvalue weighted by Gasteiger charge is -2.35. The molecule has 0 bridgehead atoms. The summed E-state index contributed by atoms with van der Waals surface area (Å²) in [5.41, 5.74) is 0. The van der Waals surface area contributed by atoms with Crippen LogP contribution < -0.4 is 0 Å².